The number of nitrogens with zero attached hydrogens (tertiary/aromatic N) is 1. The van der Waals surface area contributed by atoms with E-state index in [1.807, 2.05) is 13.0 Å². The van der Waals surface area contributed by atoms with Crippen molar-refractivity contribution in [2.24, 2.45) is 34.3 Å². The van der Waals surface area contributed by atoms with E-state index in [0.29, 0.717) is 31.2 Å². The number of allylic oxidation sites excluding steroid dienone is 4. The summed E-state index contributed by atoms with van der Waals surface area (Å²) in [6.45, 7) is 2.76. The predicted molar refractivity (Wildman–Crippen MR) is 173 cm³/mol. The van der Waals surface area contributed by atoms with Gasteiger partial charge in [0.1, 0.15) is 11.8 Å². The van der Waals surface area contributed by atoms with Gasteiger partial charge in [0.05, 0.1) is 25.4 Å². The van der Waals surface area contributed by atoms with Gasteiger partial charge >= 0.3 is 12.1 Å². The van der Waals surface area contributed by atoms with E-state index >= 15 is 0 Å². The van der Waals surface area contributed by atoms with Gasteiger partial charge in [0.25, 0.3) is 5.09 Å². The van der Waals surface area contributed by atoms with E-state index in [4.69, 9.17) is 19.9 Å². The smallest absolute Gasteiger partial charge is 0.465 e. The molecular formula is C35H44N2O13. The lowest BCUT2D eigenvalue weighted by Crippen LogP contribution is -2.64. The van der Waals surface area contributed by atoms with Gasteiger partial charge in [-0.05, 0) is 86.6 Å². The molecule has 15 heteroatoms. The van der Waals surface area contributed by atoms with Crippen LogP contribution in [0.2, 0.25) is 0 Å². The van der Waals surface area contributed by atoms with Crippen molar-refractivity contribution in [2.75, 3.05) is 19.8 Å². The number of aliphatic hydroxyl groups excluding tert-OH is 2. The lowest BCUT2D eigenvalue weighted by molar-refractivity contribution is -0.757. The maximum Gasteiger partial charge on any atom is 0.514 e. The van der Waals surface area contributed by atoms with Crippen molar-refractivity contribution in [3.05, 3.63) is 63.7 Å². The summed E-state index contributed by atoms with van der Waals surface area (Å²) in [7, 11) is 0. The molecule has 9 atom stereocenters. The summed E-state index contributed by atoms with van der Waals surface area (Å²) in [5.41, 5.74) is 3.46. The zero-order valence-electron chi connectivity index (χ0n) is 28.0. The average molecular weight is 701 g/mol. The number of rotatable bonds is 13. The van der Waals surface area contributed by atoms with Crippen LogP contribution in [0.1, 0.15) is 57.9 Å². The van der Waals surface area contributed by atoms with Crippen LogP contribution in [0.5, 0.6) is 5.75 Å². The molecule has 0 heterocycles. The number of esters is 1. The standard InChI is InChI=1S/C35H44N2O13/c1-33-12-11-22(38)16-21(33)7-10-24-25-17-28(40)35(44,34(25,2)18-27(39)30(24)33)29(41)19-48-32(43)50-23-8-5-20(6-9-23)15-26(36)31(42)47-13-3-4-14-49-37(45)46/h5-6,8-9,11-12,16,24-28,30,39-40,44H,3-4,7,10,13-15,17-19,36H2,1-2H3/t24-,25?,26-,27-,28+,30?,33-,34-,35-/m0/s1. The SMILES string of the molecule is C[C@]12C=CC(=O)C=C1CC[C@@H]1C2[C@@H](O)C[C@@]2(C)C1C[C@@H](O)[C@]2(O)C(=O)COC(=O)Oc1ccc(C[C@H](N)C(=O)OCCCCO[N+](=O)[O-])cc1. The summed E-state index contributed by atoms with van der Waals surface area (Å²) in [6.07, 6.45) is 3.64. The molecule has 1 aromatic carbocycles. The Morgan fingerprint density at radius 2 is 1.80 bits per heavy atom. The van der Waals surface area contributed by atoms with Gasteiger partial charge in [-0.15, -0.1) is 10.1 Å². The minimum absolute atomic E-state index is 0.0301. The van der Waals surface area contributed by atoms with Crippen LogP contribution in [0.4, 0.5) is 4.79 Å². The average Bonchev–Trinajstić information content (AvgIpc) is 3.27. The number of ether oxygens (including phenoxy) is 3. The van der Waals surface area contributed by atoms with Gasteiger partial charge in [-0.3, -0.25) is 14.4 Å². The molecule has 4 aliphatic rings. The second-order valence-corrected chi connectivity index (χ2v) is 14.2. The Labute approximate surface area is 288 Å². The summed E-state index contributed by atoms with van der Waals surface area (Å²) in [5.74, 6) is -2.28. The van der Waals surface area contributed by atoms with Crippen molar-refractivity contribution in [1.29, 1.82) is 0 Å². The van der Waals surface area contributed by atoms with Crippen molar-refractivity contribution in [1.82, 2.24) is 0 Å². The molecule has 3 fully saturated rings. The first-order valence-electron chi connectivity index (χ1n) is 16.8. The summed E-state index contributed by atoms with van der Waals surface area (Å²) < 4.78 is 15.3. The van der Waals surface area contributed by atoms with Gasteiger partial charge in [0.15, 0.2) is 18.0 Å². The number of ketones is 2. The quantitative estimate of drug-likeness (QED) is 0.0759. The van der Waals surface area contributed by atoms with Crippen molar-refractivity contribution >= 4 is 23.7 Å². The maximum absolute atomic E-state index is 13.6. The highest BCUT2D eigenvalue weighted by molar-refractivity contribution is 6.01. The number of carbonyl (C=O) groups is 4. The van der Waals surface area contributed by atoms with Crippen LogP contribution in [-0.4, -0.2) is 87.8 Å². The second-order valence-electron chi connectivity index (χ2n) is 14.2. The molecule has 0 spiro atoms. The molecule has 0 aliphatic heterocycles. The summed E-state index contributed by atoms with van der Waals surface area (Å²) in [4.78, 5) is 64.6. The zero-order valence-corrected chi connectivity index (χ0v) is 28.0. The number of carbonyl (C=O) groups excluding carboxylic acids is 4. The van der Waals surface area contributed by atoms with Gasteiger partial charge in [0.2, 0.25) is 5.78 Å². The summed E-state index contributed by atoms with van der Waals surface area (Å²) in [5, 5.41) is 43.8. The molecule has 272 valence electrons. The largest absolute Gasteiger partial charge is 0.514 e. The minimum Gasteiger partial charge on any atom is -0.465 e. The Hall–Kier alpha value is -4.18. The topological polar surface area (TPSA) is 235 Å². The van der Waals surface area contributed by atoms with E-state index in [1.165, 1.54) is 18.2 Å². The third kappa shape index (κ3) is 7.04. The number of benzene rings is 1. The molecular weight excluding hydrogens is 656 g/mol. The van der Waals surface area contributed by atoms with Crippen LogP contribution in [0.3, 0.4) is 0 Å². The van der Waals surface area contributed by atoms with Gasteiger partial charge < -0.3 is 40.1 Å². The fourth-order valence-corrected chi connectivity index (χ4v) is 8.86. The Bertz CT molecular complexity index is 1560. The highest BCUT2D eigenvalue weighted by Gasteiger charge is 2.71. The van der Waals surface area contributed by atoms with Crippen molar-refractivity contribution < 1.29 is 58.6 Å². The maximum atomic E-state index is 13.6. The number of hydrogen-bond donors (Lipinski definition) is 4. The van der Waals surface area contributed by atoms with Crippen LogP contribution >= 0.6 is 0 Å². The summed E-state index contributed by atoms with van der Waals surface area (Å²) in [6, 6.07) is 5.04. The minimum atomic E-state index is -2.29. The lowest BCUT2D eigenvalue weighted by Gasteiger charge is -2.59. The molecule has 1 aromatic rings. The zero-order chi connectivity index (χ0) is 36.4. The molecule has 2 unspecified atom stereocenters. The van der Waals surface area contributed by atoms with E-state index in [2.05, 4.69) is 4.84 Å². The normalized spacial score (nSPS) is 33.2. The van der Waals surface area contributed by atoms with Crippen LogP contribution in [0.15, 0.2) is 48.1 Å². The molecule has 3 saturated carbocycles. The number of hydrogen-bond acceptors (Lipinski definition) is 14. The second kappa shape index (κ2) is 14.6. The van der Waals surface area contributed by atoms with Gasteiger partial charge in [-0.2, -0.15) is 0 Å². The Morgan fingerprint density at radius 1 is 1.10 bits per heavy atom. The first-order valence-corrected chi connectivity index (χ1v) is 16.8. The molecule has 5 N–H and O–H groups in total. The van der Waals surface area contributed by atoms with Crippen LogP contribution in [0.25, 0.3) is 0 Å². The van der Waals surface area contributed by atoms with Gasteiger partial charge in [0, 0.05) is 16.7 Å². The van der Waals surface area contributed by atoms with Crippen molar-refractivity contribution in [3.63, 3.8) is 0 Å². The van der Waals surface area contributed by atoms with Gasteiger partial charge in [-0.1, -0.05) is 37.6 Å². The number of Topliss-reactive ketones (excluding diaryl/α,β-unsaturated/α-hetero) is 1. The summed E-state index contributed by atoms with van der Waals surface area (Å²) >= 11 is 0. The number of fused-ring (bicyclic) bond motifs is 5. The van der Waals surface area contributed by atoms with E-state index in [9.17, 15) is 44.6 Å². The molecule has 15 nitrogen and oxygen atoms in total. The molecule has 5 rings (SSSR count). The van der Waals surface area contributed by atoms with E-state index < -0.39 is 64.3 Å². The molecule has 0 amide bonds. The highest BCUT2D eigenvalue weighted by atomic mass is 16.9. The van der Waals surface area contributed by atoms with E-state index in [-0.39, 0.29) is 61.8 Å². The Balaban J connectivity index is 1.13. The first kappa shape index (κ1) is 37.1. The Kier molecular flexibility index (Phi) is 10.8. The molecule has 0 bridgehead atoms. The fourth-order valence-electron chi connectivity index (χ4n) is 8.86. The highest BCUT2D eigenvalue weighted by Crippen LogP contribution is 2.67. The monoisotopic (exact) mass is 700 g/mol. The number of nitrogens with two attached hydrogens (primary N) is 1. The molecule has 4 aliphatic carbocycles. The third-order valence-corrected chi connectivity index (χ3v) is 11.3. The predicted octanol–water partition coefficient (Wildman–Crippen LogP) is 2.15. The molecule has 0 aromatic heterocycles. The molecule has 0 radical (unpaired) electrons. The van der Waals surface area contributed by atoms with Gasteiger partial charge in [-0.25, -0.2) is 4.79 Å². The van der Waals surface area contributed by atoms with Crippen LogP contribution < -0.4 is 10.5 Å². The fraction of sp³-hybridized carbons (Fsp3) is 0.600. The van der Waals surface area contributed by atoms with E-state index in [1.54, 1.807) is 25.1 Å². The number of unbranched alkanes of at least 4 members (excludes halogenated alkanes) is 1. The first-order chi connectivity index (χ1) is 23.6. The molecule has 0 saturated heterocycles. The lowest BCUT2D eigenvalue weighted by atomic mass is 9.46. The van der Waals surface area contributed by atoms with Crippen LogP contribution in [0, 0.1) is 38.7 Å². The van der Waals surface area contributed by atoms with E-state index in [0.717, 1.165) is 5.57 Å². The Morgan fingerprint density at radius 3 is 2.50 bits per heavy atom. The van der Waals surface area contributed by atoms with Crippen molar-refractivity contribution in [3.8, 4) is 5.75 Å². The third-order valence-electron chi connectivity index (χ3n) is 11.3. The van der Waals surface area contributed by atoms with Crippen LogP contribution in [-0.2, 0) is 35.1 Å². The molecule has 50 heavy (non-hydrogen) atoms. The number of aliphatic hydroxyl groups is 3. The van der Waals surface area contributed by atoms with Crippen molar-refractivity contribution in [2.45, 2.75) is 82.6 Å².